The van der Waals surface area contributed by atoms with Crippen LogP contribution in [0.1, 0.15) is 39.0 Å². The Morgan fingerprint density at radius 2 is 2.00 bits per heavy atom. The molecule has 10 heavy (non-hydrogen) atoms. The molecular weight excluding hydrogens is 117 g/mol. The molecule has 0 atom stereocenters. The van der Waals surface area contributed by atoms with Gasteiger partial charge in [-0.05, 0) is 18.6 Å². The van der Waals surface area contributed by atoms with Crippen molar-refractivity contribution in [3.63, 3.8) is 0 Å². The van der Waals surface area contributed by atoms with Crippen LogP contribution < -0.4 is 18.9 Å². The molecule has 0 heterocycles. The molecule has 0 fully saturated rings. The van der Waals surface area contributed by atoms with Crippen molar-refractivity contribution in [1.82, 2.24) is 0 Å². The molecule has 0 radical (unpaired) electrons. The first-order valence-corrected chi connectivity index (χ1v) is 3.66. The first kappa shape index (κ1) is 12.9. The Hall–Kier alpha value is 0.267. The van der Waals surface area contributed by atoms with Crippen LogP contribution in [0.2, 0.25) is 0 Å². The monoisotopic (exact) mass is 133 g/mol. The predicted molar refractivity (Wildman–Crippen MR) is 41.8 cm³/mol. The van der Waals surface area contributed by atoms with Gasteiger partial charge in [0.2, 0.25) is 0 Å². The summed E-state index contributed by atoms with van der Waals surface area (Å²) in [6.07, 6.45) is 5.30. The third-order valence-corrected chi connectivity index (χ3v) is 1.38. The Labute approximate surface area is 76.3 Å². The minimum atomic E-state index is 0. The van der Waals surface area contributed by atoms with Crippen LogP contribution >= 0.6 is 0 Å². The Morgan fingerprint density at radius 1 is 1.40 bits per heavy atom. The Morgan fingerprint density at radius 3 is 2.40 bits per heavy atom. The molecule has 1 nitrogen and oxygen atoms in total. The molecule has 0 aliphatic heterocycles. The number of unbranched alkanes of at least 4 members (excludes halogenated alkanes) is 2. The van der Waals surface area contributed by atoms with Gasteiger partial charge in [-0.2, -0.15) is 0 Å². The average molecular weight is 133 g/mol. The van der Waals surface area contributed by atoms with Crippen molar-refractivity contribution in [3.05, 3.63) is 6.92 Å². The maximum Gasteiger partial charge on any atom is 1.00 e. The summed E-state index contributed by atoms with van der Waals surface area (Å²) in [7, 11) is 0. The normalized spacial score (nSPS) is 8.60. The second-order valence-electron chi connectivity index (χ2n) is 2.31. The zero-order valence-electron chi connectivity index (χ0n) is 7.24. The third-order valence-electron chi connectivity index (χ3n) is 1.38. The molecule has 54 valence electrons. The van der Waals surface area contributed by atoms with E-state index in [2.05, 4.69) is 13.8 Å². The molecule has 0 bridgehead atoms. The van der Waals surface area contributed by atoms with Crippen LogP contribution in [0, 0.1) is 12.3 Å². The molecule has 0 unspecified atom stereocenters. The molecule has 1 N–H and O–H groups in total. The fraction of sp³-hybridized carbons (Fsp3) is 0.750. The number of rotatable bonds is 5. The molecule has 0 aliphatic rings. The SMILES string of the molecule is [CH2-]CC(=N)CCCCC.[Li+]. The minimum absolute atomic E-state index is 0. The number of hydrogen-bond donors (Lipinski definition) is 1. The summed E-state index contributed by atoms with van der Waals surface area (Å²) in [5, 5.41) is 7.25. The smallest absolute Gasteiger partial charge is 0.338 e. The molecule has 0 aromatic carbocycles. The fourth-order valence-corrected chi connectivity index (χ4v) is 0.713. The Kier molecular flexibility index (Phi) is 12.0. The summed E-state index contributed by atoms with van der Waals surface area (Å²) in [6, 6.07) is 0. The topological polar surface area (TPSA) is 23.9 Å². The first-order valence-electron chi connectivity index (χ1n) is 3.66. The minimum Gasteiger partial charge on any atom is -0.338 e. The molecular formula is C8H16LiN. The molecule has 0 rings (SSSR count). The number of nitrogens with one attached hydrogen (secondary N) is 1. The summed E-state index contributed by atoms with van der Waals surface area (Å²) >= 11 is 0. The second-order valence-corrected chi connectivity index (χ2v) is 2.31. The van der Waals surface area contributed by atoms with E-state index in [1.807, 2.05) is 0 Å². The van der Waals surface area contributed by atoms with Crippen LogP contribution in [0.5, 0.6) is 0 Å². The van der Waals surface area contributed by atoms with Crippen molar-refractivity contribution in [2.75, 3.05) is 0 Å². The largest absolute Gasteiger partial charge is 1.00 e. The molecule has 0 spiro atoms. The van der Waals surface area contributed by atoms with Crippen molar-refractivity contribution in [2.45, 2.75) is 39.0 Å². The van der Waals surface area contributed by atoms with Gasteiger partial charge in [0.15, 0.2) is 0 Å². The van der Waals surface area contributed by atoms with Gasteiger partial charge in [0.05, 0.1) is 0 Å². The first-order chi connectivity index (χ1) is 4.31. The van der Waals surface area contributed by atoms with E-state index in [9.17, 15) is 0 Å². The quantitative estimate of drug-likeness (QED) is 0.233. The van der Waals surface area contributed by atoms with E-state index in [0.29, 0.717) is 6.42 Å². The van der Waals surface area contributed by atoms with E-state index in [1.54, 1.807) is 0 Å². The van der Waals surface area contributed by atoms with Crippen LogP contribution in [-0.4, -0.2) is 5.71 Å². The summed E-state index contributed by atoms with van der Waals surface area (Å²) in [5.74, 6) is 0. The van der Waals surface area contributed by atoms with Gasteiger partial charge in [-0.1, -0.05) is 19.8 Å². The molecule has 0 aliphatic carbocycles. The van der Waals surface area contributed by atoms with Gasteiger partial charge in [-0.15, -0.1) is 6.42 Å². The van der Waals surface area contributed by atoms with Crippen molar-refractivity contribution >= 4 is 5.71 Å². The van der Waals surface area contributed by atoms with Crippen molar-refractivity contribution in [2.24, 2.45) is 0 Å². The molecule has 2 heteroatoms. The number of hydrogen-bond acceptors (Lipinski definition) is 1. The van der Waals surface area contributed by atoms with Gasteiger partial charge in [-0.3, -0.25) is 0 Å². The van der Waals surface area contributed by atoms with Gasteiger partial charge >= 0.3 is 18.9 Å². The molecule has 0 amide bonds. The third kappa shape index (κ3) is 8.27. The van der Waals surface area contributed by atoms with Crippen LogP contribution in [0.15, 0.2) is 0 Å². The second kappa shape index (κ2) is 9.27. The van der Waals surface area contributed by atoms with E-state index < -0.39 is 0 Å². The fourth-order valence-electron chi connectivity index (χ4n) is 0.713. The van der Waals surface area contributed by atoms with Gasteiger partial charge in [-0.25, -0.2) is 0 Å². The summed E-state index contributed by atoms with van der Waals surface area (Å²) < 4.78 is 0. The summed E-state index contributed by atoms with van der Waals surface area (Å²) in [4.78, 5) is 0. The van der Waals surface area contributed by atoms with Crippen LogP contribution in [-0.2, 0) is 0 Å². The summed E-state index contributed by atoms with van der Waals surface area (Å²) in [5.41, 5.74) is 0.795. The zero-order chi connectivity index (χ0) is 7.11. The molecule has 0 saturated heterocycles. The standard InChI is InChI=1S/C8H16N.Li/c1-3-5-6-7-8(9)4-2;/h9H,2-7H2,1H3;/q-1;+1. The summed E-state index contributed by atoms with van der Waals surface area (Å²) in [6.45, 7) is 5.81. The maximum atomic E-state index is 7.25. The van der Waals surface area contributed by atoms with E-state index >= 15 is 0 Å². The van der Waals surface area contributed by atoms with Crippen LogP contribution in [0.4, 0.5) is 0 Å². The van der Waals surface area contributed by atoms with Crippen molar-refractivity contribution < 1.29 is 18.9 Å². The van der Waals surface area contributed by atoms with E-state index in [-0.39, 0.29) is 18.9 Å². The van der Waals surface area contributed by atoms with Gasteiger partial charge in [0.25, 0.3) is 0 Å². The van der Waals surface area contributed by atoms with Crippen molar-refractivity contribution in [3.8, 4) is 0 Å². The molecule has 0 saturated carbocycles. The molecule has 0 aromatic rings. The Balaban J connectivity index is 0. The van der Waals surface area contributed by atoms with Gasteiger partial charge in [0, 0.05) is 0 Å². The zero-order valence-corrected chi connectivity index (χ0v) is 7.24. The van der Waals surface area contributed by atoms with E-state index in [1.165, 1.54) is 19.3 Å². The van der Waals surface area contributed by atoms with E-state index in [4.69, 9.17) is 5.41 Å². The Bertz CT molecular complexity index is 81.3. The van der Waals surface area contributed by atoms with Gasteiger partial charge < -0.3 is 12.3 Å². The van der Waals surface area contributed by atoms with Crippen LogP contribution in [0.25, 0.3) is 0 Å². The van der Waals surface area contributed by atoms with E-state index in [0.717, 1.165) is 12.1 Å². The van der Waals surface area contributed by atoms with Crippen molar-refractivity contribution in [1.29, 1.82) is 5.41 Å². The maximum absolute atomic E-state index is 7.25. The van der Waals surface area contributed by atoms with Gasteiger partial charge in [0.1, 0.15) is 0 Å². The average Bonchev–Trinajstić information content (AvgIpc) is 1.89. The van der Waals surface area contributed by atoms with Crippen LogP contribution in [0.3, 0.4) is 0 Å². The molecule has 0 aromatic heterocycles. The predicted octanol–water partition coefficient (Wildman–Crippen LogP) is -0.185.